The van der Waals surface area contributed by atoms with Crippen LogP contribution in [-0.4, -0.2) is 66.3 Å². The fourth-order valence-electron chi connectivity index (χ4n) is 6.28. The van der Waals surface area contributed by atoms with E-state index in [1.165, 1.54) is 12.1 Å². The molecule has 4 rings (SSSR count). The summed E-state index contributed by atoms with van der Waals surface area (Å²) in [6.07, 6.45) is 3.28. The molecule has 1 saturated heterocycles. The Balaban J connectivity index is 1.46. The van der Waals surface area contributed by atoms with Gasteiger partial charge < -0.3 is 25.2 Å². The summed E-state index contributed by atoms with van der Waals surface area (Å²) in [7, 11) is 0. The Morgan fingerprint density at radius 3 is 2.44 bits per heavy atom. The van der Waals surface area contributed by atoms with Crippen molar-refractivity contribution in [1.29, 1.82) is 5.26 Å². The summed E-state index contributed by atoms with van der Waals surface area (Å²) in [5.74, 6) is -0.834. The Morgan fingerprint density at radius 1 is 1.16 bits per heavy atom. The molecule has 0 aromatic heterocycles. The van der Waals surface area contributed by atoms with Gasteiger partial charge in [0.25, 0.3) is 5.69 Å². The van der Waals surface area contributed by atoms with Crippen molar-refractivity contribution in [1.82, 2.24) is 20.4 Å². The number of non-ortho nitro benzene ring substituents is 1. The number of benzene rings is 2. The molecule has 0 saturated carbocycles. The summed E-state index contributed by atoms with van der Waals surface area (Å²) in [5.41, 5.74) is 3.42. The third kappa shape index (κ3) is 7.38. The van der Waals surface area contributed by atoms with Crippen LogP contribution in [0, 0.1) is 21.4 Å². The Morgan fingerprint density at radius 2 is 1.84 bits per heavy atom. The SMILES string of the molecule is CC1=C(NC=O)C(c2ccc([N+](=O)[O-])cc2)C(N(C=O)CCCN2CCC(C(=O)OCCC#N)(c3ccccc3)CC2)=C(C)N1. The molecule has 12 heteroatoms. The molecule has 0 aliphatic carbocycles. The number of allylic oxidation sites excluding steroid dienone is 2. The van der Waals surface area contributed by atoms with Gasteiger partial charge in [0.05, 0.1) is 40.1 Å². The highest BCUT2D eigenvalue weighted by Crippen LogP contribution is 2.39. The third-order valence-corrected chi connectivity index (χ3v) is 8.56. The van der Waals surface area contributed by atoms with Crippen LogP contribution in [0.25, 0.3) is 0 Å². The number of carbonyl (C=O) groups excluding carboxylic acids is 3. The zero-order chi connectivity index (χ0) is 32.4. The molecular weight excluding hydrogens is 576 g/mol. The van der Waals surface area contributed by atoms with Gasteiger partial charge in [0.15, 0.2) is 0 Å². The predicted octanol–water partition coefficient (Wildman–Crippen LogP) is 3.83. The summed E-state index contributed by atoms with van der Waals surface area (Å²) in [6.45, 7) is 6.15. The van der Waals surface area contributed by atoms with E-state index in [0.717, 1.165) is 17.7 Å². The Bertz CT molecular complexity index is 1490. The number of ether oxygens (including phenoxy) is 1. The number of nitro groups is 1. The maximum Gasteiger partial charge on any atom is 0.316 e. The number of hydrogen-bond donors (Lipinski definition) is 2. The van der Waals surface area contributed by atoms with E-state index in [1.807, 2.05) is 50.2 Å². The van der Waals surface area contributed by atoms with Crippen LogP contribution in [0.15, 0.2) is 77.4 Å². The second-order valence-electron chi connectivity index (χ2n) is 11.2. The van der Waals surface area contributed by atoms with Gasteiger partial charge >= 0.3 is 5.97 Å². The van der Waals surface area contributed by atoms with Crippen LogP contribution in [0.4, 0.5) is 5.69 Å². The number of likely N-dealkylation sites (tertiary alicyclic amines) is 1. The molecule has 2 aromatic rings. The molecule has 1 atom stereocenters. The quantitative estimate of drug-likeness (QED) is 0.106. The highest BCUT2D eigenvalue weighted by Gasteiger charge is 2.44. The Labute approximate surface area is 262 Å². The number of amides is 2. The maximum atomic E-state index is 13.3. The number of nitro benzene ring substituents is 1. The van der Waals surface area contributed by atoms with Crippen molar-refractivity contribution in [3.63, 3.8) is 0 Å². The number of esters is 1. The summed E-state index contributed by atoms with van der Waals surface area (Å²) >= 11 is 0. The minimum Gasteiger partial charge on any atom is -0.464 e. The number of nitriles is 1. The maximum absolute atomic E-state index is 13.3. The molecule has 2 aliphatic heterocycles. The molecular formula is C33H38N6O6. The normalized spacial score (nSPS) is 17.9. The van der Waals surface area contributed by atoms with Crippen LogP contribution in [0.5, 0.6) is 0 Å². The van der Waals surface area contributed by atoms with Crippen molar-refractivity contribution < 1.29 is 24.0 Å². The Hall–Kier alpha value is -5.02. The van der Waals surface area contributed by atoms with Crippen molar-refractivity contribution in [2.75, 3.05) is 32.8 Å². The van der Waals surface area contributed by atoms with Gasteiger partial charge in [-0.1, -0.05) is 42.5 Å². The Kier molecular flexibility index (Phi) is 11.0. The zero-order valence-corrected chi connectivity index (χ0v) is 25.5. The van der Waals surface area contributed by atoms with Gasteiger partial charge in [0, 0.05) is 30.1 Å². The molecule has 12 nitrogen and oxygen atoms in total. The first-order valence-corrected chi connectivity index (χ1v) is 14.9. The molecule has 1 unspecified atom stereocenters. The summed E-state index contributed by atoms with van der Waals surface area (Å²) in [4.78, 5) is 52.0. The van der Waals surface area contributed by atoms with E-state index >= 15 is 0 Å². The van der Waals surface area contributed by atoms with E-state index < -0.39 is 16.3 Å². The second kappa shape index (κ2) is 15.1. The van der Waals surface area contributed by atoms with Crippen molar-refractivity contribution in [2.45, 2.75) is 50.9 Å². The average molecular weight is 615 g/mol. The molecule has 0 radical (unpaired) electrons. The third-order valence-electron chi connectivity index (χ3n) is 8.56. The first-order chi connectivity index (χ1) is 21.7. The minimum atomic E-state index is -0.776. The number of hydrogen-bond acceptors (Lipinski definition) is 9. The van der Waals surface area contributed by atoms with E-state index in [-0.39, 0.29) is 24.7 Å². The lowest BCUT2D eigenvalue weighted by molar-refractivity contribution is -0.384. The molecule has 45 heavy (non-hydrogen) atoms. The van der Waals surface area contributed by atoms with Crippen LogP contribution in [0.3, 0.4) is 0 Å². The molecule has 0 spiro atoms. The molecule has 2 amide bonds. The van der Waals surface area contributed by atoms with Gasteiger partial charge in [-0.05, 0) is 63.9 Å². The first kappa shape index (κ1) is 32.9. The van der Waals surface area contributed by atoms with Gasteiger partial charge in [0.1, 0.15) is 6.61 Å². The van der Waals surface area contributed by atoms with E-state index in [0.29, 0.717) is 74.5 Å². The lowest BCUT2D eigenvalue weighted by Gasteiger charge is -2.40. The van der Waals surface area contributed by atoms with Gasteiger partial charge in [-0.3, -0.25) is 24.5 Å². The summed E-state index contributed by atoms with van der Waals surface area (Å²) < 4.78 is 5.52. The van der Waals surface area contributed by atoms with E-state index in [1.54, 1.807) is 17.0 Å². The first-order valence-electron chi connectivity index (χ1n) is 14.9. The lowest BCUT2D eigenvalue weighted by Crippen LogP contribution is -2.48. The number of dihydropyridines is 1. The number of nitrogens with one attached hydrogen (secondary N) is 2. The molecule has 236 valence electrons. The number of rotatable bonds is 14. The van der Waals surface area contributed by atoms with Crippen LogP contribution in [-0.2, 0) is 24.5 Å². The topological polar surface area (TPSA) is 158 Å². The number of nitrogens with zero attached hydrogens (tertiary/aromatic N) is 4. The fraction of sp³-hybridized carbons (Fsp3) is 0.394. The van der Waals surface area contributed by atoms with Crippen LogP contribution < -0.4 is 10.6 Å². The fourth-order valence-corrected chi connectivity index (χ4v) is 6.28. The van der Waals surface area contributed by atoms with Gasteiger partial charge in [-0.2, -0.15) is 5.26 Å². The molecule has 2 N–H and O–H groups in total. The van der Waals surface area contributed by atoms with E-state index in [4.69, 9.17) is 10.00 Å². The molecule has 2 aliphatic rings. The van der Waals surface area contributed by atoms with E-state index in [9.17, 15) is 24.5 Å². The van der Waals surface area contributed by atoms with Gasteiger partial charge in [0.2, 0.25) is 12.8 Å². The smallest absolute Gasteiger partial charge is 0.316 e. The molecule has 0 bridgehead atoms. The van der Waals surface area contributed by atoms with Gasteiger partial charge in [-0.15, -0.1) is 0 Å². The second-order valence-corrected chi connectivity index (χ2v) is 11.2. The minimum absolute atomic E-state index is 0.0546. The van der Waals surface area contributed by atoms with E-state index in [2.05, 4.69) is 15.5 Å². The highest BCUT2D eigenvalue weighted by molar-refractivity contribution is 5.83. The predicted molar refractivity (Wildman–Crippen MR) is 166 cm³/mol. The zero-order valence-electron chi connectivity index (χ0n) is 25.5. The van der Waals surface area contributed by atoms with Gasteiger partial charge in [-0.25, -0.2) is 0 Å². The van der Waals surface area contributed by atoms with Crippen molar-refractivity contribution >= 4 is 24.5 Å². The van der Waals surface area contributed by atoms with Crippen LogP contribution >= 0.6 is 0 Å². The van der Waals surface area contributed by atoms with Crippen molar-refractivity contribution in [2.24, 2.45) is 0 Å². The highest BCUT2D eigenvalue weighted by atomic mass is 16.6. The standard InChI is InChI=1S/C33H38N6O6/c1-24-30(35-22-40)29(26-10-12-28(13-11-26)39(43)44)31(25(2)36-24)38(23-41)18-7-17-37-19-14-33(15-20-37,27-8-4-3-5-9-27)32(42)45-21-6-16-34/h3-5,8-13,22-23,29,36H,6-7,14-15,17-21H2,1-2H3,(H,35,40). The van der Waals surface area contributed by atoms with Crippen LogP contribution in [0.2, 0.25) is 0 Å². The molecule has 1 fully saturated rings. The monoisotopic (exact) mass is 614 g/mol. The summed E-state index contributed by atoms with van der Waals surface area (Å²) in [5, 5.41) is 26.1. The molecule has 2 heterocycles. The summed E-state index contributed by atoms with van der Waals surface area (Å²) in [6, 6.07) is 17.7. The lowest BCUT2D eigenvalue weighted by atomic mass is 9.72. The number of carbonyl (C=O) groups is 3. The largest absolute Gasteiger partial charge is 0.464 e. The molecule has 2 aromatic carbocycles. The van der Waals surface area contributed by atoms with Crippen molar-refractivity contribution in [3.05, 3.63) is 98.6 Å². The van der Waals surface area contributed by atoms with Crippen molar-refractivity contribution in [3.8, 4) is 6.07 Å². The number of piperidine rings is 1. The van der Waals surface area contributed by atoms with Crippen LogP contribution in [0.1, 0.15) is 56.6 Å². The average Bonchev–Trinajstić information content (AvgIpc) is 3.05.